The Hall–Kier alpha value is -3.06. The highest BCUT2D eigenvalue weighted by molar-refractivity contribution is 7.80. The molecule has 0 fully saturated rings. The Balaban J connectivity index is 1.88. The van der Waals surface area contributed by atoms with Gasteiger partial charge in [-0.1, -0.05) is 18.2 Å². The van der Waals surface area contributed by atoms with Crippen molar-refractivity contribution in [1.29, 1.82) is 0 Å². The molecule has 0 aromatic heterocycles. The summed E-state index contributed by atoms with van der Waals surface area (Å²) >= 11 is 5.00. The number of anilines is 2. The molecule has 0 radical (unpaired) electrons. The van der Waals surface area contributed by atoms with E-state index in [1.54, 1.807) is 48.5 Å². The molecule has 3 amide bonds. The maximum Gasteiger partial charge on any atom is 0.266 e. The van der Waals surface area contributed by atoms with Crippen LogP contribution in [0.1, 0.15) is 27.6 Å². The third kappa shape index (κ3) is 2.89. The molecule has 0 aliphatic carbocycles. The number of hydrogen-bond donors (Lipinski definition) is 2. The van der Waals surface area contributed by atoms with Crippen molar-refractivity contribution >= 4 is 46.4 Å². The monoisotopic (exact) mass is 339 g/mol. The third-order valence-corrected chi connectivity index (χ3v) is 3.65. The zero-order valence-corrected chi connectivity index (χ0v) is 13.5. The summed E-state index contributed by atoms with van der Waals surface area (Å²) < 4.78 is 0. The molecule has 0 saturated heterocycles. The van der Waals surface area contributed by atoms with E-state index in [1.807, 2.05) is 0 Å². The van der Waals surface area contributed by atoms with Gasteiger partial charge in [0.15, 0.2) is 5.11 Å². The second kappa shape index (κ2) is 6.21. The number of hydrogen-bond acceptors (Lipinski definition) is 4. The van der Waals surface area contributed by atoms with Crippen molar-refractivity contribution in [2.75, 3.05) is 10.2 Å². The highest BCUT2D eigenvalue weighted by atomic mass is 32.1. The minimum atomic E-state index is -0.364. The lowest BCUT2D eigenvalue weighted by molar-refractivity contribution is -0.117. The van der Waals surface area contributed by atoms with Gasteiger partial charge in [-0.2, -0.15) is 0 Å². The molecule has 120 valence electrons. The number of rotatable bonds is 2. The second-order valence-electron chi connectivity index (χ2n) is 5.18. The molecule has 1 heterocycles. The van der Waals surface area contributed by atoms with Crippen LogP contribution in [-0.2, 0) is 4.79 Å². The number of thiocarbonyl (C=S) groups is 1. The predicted molar refractivity (Wildman–Crippen MR) is 94.1 cm³/mol. The first kappa shape index (κ1) is 15.8. The van der Waals surface area contributed by atoms with Crippen LogP contribution in [0.4, 0.5) is 11.4 Å². The lowest BCUT2D eigenvalue weighted by atomic mass is 10.1. The number of nitrogens with one attached hydrogen (secondary N) is 2. The van der Waals surface area contributed by atoms with Crippen LogP contribution in [0.5, 0.6) is 0 Å². The van der Waals surface area contributed by atoms with Crippen LogP contribution >= 0.6 is 12.2 Å². The number of carbonyl (C=O) groups excluding carboxylic acids is 3. The van der Waals surface area contributed by atoms with Crippen LogP contribution in [-0.4, -0.2) is 22.8 Å². The SMILES string of the molecule is CC(=O)NC(=S)Nc1cccc(N2C(=O)c3ccccc3C2=O)c1. The minimum Gasteiger partial charge on any atom is -0.332 e. The lowest BCUT2D eigenvalue weighted by Crippen LogP contribution is -2.32. The van der Waals surface area contributed by atoms with E-state index in [-0.39, 0.29) is 22.8 Å². The van der Waals surface area contributed by atoms with Gasteiger partial charge in [-0.3, -0.25) is 14.4 Å². The van der Waals surface area contributed by atoms with Gasteiger partial charge >= 0.3 is 0 Å². The highest BCUT2D eigenvalue weighted by Gasteiger charge is 2.36. The summed E-state index contributed by atoms with van der Waals surface area (Å²) in [6, 6.07) is 13.4. The number of benzene rings is 2. The van der Waals surface area contributed by atoms with Crippen molar-refractivity contribution in [1.82, 2.24) is 5.32 Å². The van der Waals surface area contributed by atoms with Crippen molar-refractivity contribution < 1.29 is 14.4 Å². The fraction of sp³-hybridized carbons (Fsp3) is 0.0588. The van der Waals surface area contributed by atoms with Crippen molar-refractivity contribution in [3.8, 4) is 0 Å². The van der Waals surface area contributed by atoms with Gasteiger partial charge in [0.25, 0.3) is 11.8 Å². The van der Waals surface area contributed by atoms with Gasteiger partial charge in [0.2, 0.25) is 5.91 Å². The second-order valence-corrected chi connectivity index (χ2v) is 5.59. The molecule has 2 aromatic rings. The maximum atomic E-state index is 12.5. The van der Waals surface area contributed by atoms with Gasteiger partial charge < -0.3 is 10.6 Å². The summed E-state index contributed by atoms with van der Waals surface area (Å²) in [6.07, 6.45) is 0. The molecular formula is C17H13N3O3S. The summed E-state index contributed by atoms with van der Waals surface area (Å²) in [5.41, 5.74) is 1.75. The Bertz CT molecular complexity index is 844. The molecule has 1 aliphatic rings. The number of nitrogens with zero attached hydrogens (tertiary/aromatic N) is 1. The van der Waals surface area contributed by atoms with Crippen molar-refractivity contribution in [2.45, 2.75) is 6.92 Å². The standard InChI is InChI=1S/C17H13N3O3S/c1-10(21)18-17(24)19-11-5-4-6-12(9-11)20-15(22)13-7-2-3-8-14(13)16(20)23/h2-9H,1H3,(H2,18,19,21,24). The van der Waals surface area contributed by atoms with Crippen LogP contribution < -0.4 is 15.5 Å². The fourth-order valence-electron chi connectivity index (χ4n) is 2.47. The van der Waals surface area contributed by atoms with Crippen molar-refractivity contribution in [3.63, 3.8) is 0 Å². The smallest absolute Gasteiger partial charge is 0.266 e. The third-order valence-electron chi connectivity index (χ3n) is 3.45. The highest BCUT2D eigenvalue weighted by Crippen LogP contribution is 2.29. The van der Waals surface area contributed by atoms with Gasteiger partial charge in [-0.05, 0) is 42.5 Å². The molecular weight excluding hydrogens is 326 g/mol. The Kier molecular flexibility index (Phi) is 4.09. The molecule has 2 N–H and O–H groups in total. The minimum absolute atomic E-state index is 0.141. The summed E-state index contributed by atoms with van der Waals surface area (Å²) in [7, 11) is 0. The predicted octanol–water partition coefficient (Wildman–Crippen LogP) is 2.32. The molecule has 24 heavy (non-hydrogen) atoms. The van der Waals surface area contributed by atoms with E-state index in [9.17, 15) is 14.4 Å². The van der Waals surface area contributed by atoms with Gasteiger partial charge in [0.1, 0.15) is 0 Å². The first-order valence-corrected chi connectivity index (χ1v) is 7.54. The number of amides is 3. The fourth-order valence-corrected chi connectivity index (χ4v) is 2.73. The molecule has 3 rings (SSSR count). The zero-order valence-electron chi connectivity index (χ0n) is 12.7. The number of imide groups is 1. The summed E-state index contributed by atoms with van der Waals surface area (Å²) in [5, 5.41) is 5.42. The average molecular weight is 339 g/mol. The molecule has 0 atom stereocenters. The zero-order chi connectivity index (χ0) is 17.3. The van der Waals surface area contributed by atoms with Gasteiger partial charge in [-0.25, -0.2) is 4.90 Å². The van der Waals surface area contributed by atoms with Crippen molar-refractivity contribution in [2.24, 2.45) is 0 Å². The first-order chi connectivity index (χ1) is 11.5. The first-order valence-electron chi connectivity index (χ1n) is 7.14. The topological polar surface area (TPSA) is 78.5 Å². The van der Waals surface area contributed by atoms with Gasteiger partial charge in [0.05, 0.1) is 16.8 Å². The van der Waals surface area contributed by atoms with E-state index in [4.69, 9.17) is 12.2 Å². The van der Waals surface area contributed by atoms with Gasteiger partial charge in [-0.15, -0.1) is 0 Å². The van der Waals surface area contributed by atoms with Crippen LogP contribution in [0.25, 0.3) is 0 Å². The van der Waals surface area contributed by atoms with Crippen LogP contribution in [0.3, 0.4) is 0 Å². The molecule has 6 nitrogen and oxygen atoms in total. The maximum absolute atomic E-state index is 12.5. The average Bonchev–Trinajstić information content (AvgIpc) is 2.79. The molecule has 0 unspecified atom stereocenters. The summed E-state index contributed by atoms with van der Waals surface area (Å²) in [6.45, 7) is 1.35. The van der Waals surface area contributed by atoms with Crippen LogP contribution in [0.15, 0.2) is 48.5 Å². The quantitative estimate of drug-likeness (QED) is 0.648. The Morgan fingerprint density at radius 1 is 1.00 bits per heavy atom. The van der Waals surface area contributed by atoms with E-state index >= 15 is 0 Å². The molecule has 1 aliphatic heterocycles. The molecule has 7 heteroatoms. The van der Waals surface area contributed by atoms with E-state index in [2.05, 4.69) is 10.6 Å². The van der Waals surface area contributed by atoms with E-state index in [1.165, 1.54) is 6.92 Å². The Labute approximate surface area is 143 Å². The normalized spacial score (nSPS) is 12.8. The molecule has 2 aromatic carbocycles. The molecule has 0 spiro atoms. The Morgan fingerprint density at radius 3 is 2.21 bits per heavy atom. The van der Waals surface area contributed by atoms with Crippen molar-refractivity contribution in [3.05, 3.63) is 59.7 Å². The van der Waals surface area contributed by atoms with E-state index in [0.717, 1.165) is 4.90 Å². The number of carbonyl (C=O) groups is 3. The Morgan fingerprint density at radius 2 is 1.62 bits per heavy atom. The number of fused-ring (bicyclic) bond motifs is 1. The molecule has 0 bridgehead atoms. The summed E-state index contributed by atoms with van der Waals surface area (Å²) in [4.78, 5) is 37.1. The van der Waals surface area contributed by atoms with Gasteiger partial charge in [0, 0.05) is 12.6 Å². The van der Waals surface area contributed by atoms with E-state index in [0.29, 0.717) is 22.5 Å². The van der Waals surface area contributed by atoms with Crippen LogP contribution in [0.2, 0.25) is 0 Å². The molecule has 0 saturated carbocycles. The summed E-state index contributed by atoms with van der Waals surface area (Å²) in [5.74, 6) is -1.02. The largest absolute Gasteiger partial charge is 0.332 e. The van der Waals surface area contributed by atoms with Crippen LogP contribution in [0, 0.1) is 0 Å². The van der Waals surface area contributed by atoms with E-state index < -0.39 is 0 Å². The lowest BCUT2D eigenvalue weighted by Gasteiger charge is -2.16.